The van der Waals surface area contributed by atoms with Crippen molar-refractivity contribution in [3.8, 4) is 0 Å². The molecule has 2 bridgehead atoms. The topological polar surface area (TPSA) is 78.7 Å². The first-order valence-corrected chi connectivity index (χ1v) is 13.0. The minimum Gasteiger partial charge on any atom is -0.483 e. The van der Waals surface area contributed by atoms with E-state index in [1.54, 1.807) is 11.3 Å². The highest BCUT2D eigenvalue weighted by Crippen LogP contribution is 2.35. The molecule has 0 spiro atoms. The molecule has 0 amide bonds. The molecule has 0 aromatic carbocycles. The zero-order valence-electron chi connectivity index (χ0n) is 18.3. The second-order valence-electron chi connectivity index (χ2n) is 8.36. The Bertz CT molecular complexity index is 887. The normalized spacial score (nSPS) is 20.1. The number of thiazole rings is 1. The maximum atomic E-state index is 13.2. The molecule has 0 saturated carbocycles. The number of carbonyl (C=O) groups is 1. The number of rotatable bonds is 8. The predicted octanol–water partition coefficient (Wildman–Crippen LogP) is 2.81. The van der Waals surface area contributed by atoms with Crippen LogP contribution in [0.2, 0.25) is 0 Å². The Morgan fingerprint density at radius 1 is 1.32 bits per heavy atom. The highest BCUT2D eigenvalue weighted by atomic mass is 32.2. The number of pyridine rings is 1. The molecule has 4 heterocycles. The predicted molar refractivity (Wildman–Crippen MR) is 127 cm³/mol. The lowest BCUT2D eigenvalue weighted by Gasteiger charge is -2.43. The van der Waals surface area contributed by atoms with Gasteiger partial charge in [-0.1, -0.05) is 6.07 Å². The number of fused-ring (bicyclic) bond motifs is 4. The number of piperidine rings is 1. The quantitative estimate of drug-likeness (QED) is 0.475. The van der Waals surface area contributed by atoms with E-state index in [1.165, 1.54) is 30.8 Å². The standard InChI is InChI=1S/C21H30N4OS2.CH2O2/c1-23(13-19-14-28-15-22-19)11-17-4-5-20-18-8-16(10-25(20)21(17)26)9-24(12-18)6-3-7-27-2;2-1-3/h4-5,14-16,18H,3,6-13H2,1-2H3;1H,(H,2,3)/t16-,18+;/m0./s1. The molecule has 2 aromatic rings. The highest BCUT2D eigenvalue weighted by molar-refractivity contribution is 7.98. The molecule has 2 aliphatic heterocycles. The summed E-state index contributed by atoms with van der Waals surface area (Å²) in [5.41, 5.74) is 5.30. The Labute approximate surface area is 192 Å². The largest absolute Gasteiger partial charge is 0.483 e. The molecular weight excluding hydrogens is 432 g/mol. The van der Waals surface area contributed by atoms with E-state index in [4.69, 9.17) is 9.90 Å². The summed E-state index contributed by atoms with van der Waals surface area (Å²) < 4.78 is 2.09. The van der Waals surface area contributed by atoms with Crippen LogP contribution in [-0.4, -0.2) is 69.6 Å². The number of carboxylic acid groups (broad SMARTS) is 1. The molecule has 2 aromatic heterocycles. The third-order valence-electron chi connectivity index (χ3n) is 5.94. The molecule has 1 fully saturated rings. The van der Waals surface area contributed by atoms with E-state index < -0.39 is 0 Å². The van der Waals surface area contributed by atoms with Gasteiger partial charge < -0.3 is 14.6 Å². The van der Waals surface area contributed by atoms with Gasteiger partial charge in [0.2, 0.25) is 0 Å². The second kappa shape index (κ2) is 11.8. The molecule has 0 unspecified atom stereocenters. The van der Waals surface area contributed by atoms with Gasteiger partial charge >= 0.3 is 0 Å². The molecular formula is C22H32N4O3S2. The average molecular weight is 465 g/mol. The molecule has 0 aliphatic carbocycles. The van der Waals surface area contributed by atoms with E-state index in [0.29, 0.717) is 18.4 Å². The highest BCUT2D eigenvalue weighted by Gasteiger charge is 2.34. The van der Waals surface area contributed by atoms with Gasteiger partial charge in [-0.25, -0.2) is 4.98 Å². The van der Waals surface area contributed by atoms with Crippen LogP contribution in [0.1, 0.15) is 35.7 Å². The SMILES string of the molecule is CSCCCN1C[C@@H]2C[C@H](C1)c1ccc(CN(C)Cc3cscn3)c(=O)n1C2.O=CO. The van der Waals surface area contributed by atoms with E-state index >= 15 is 0 Å². The Morgan fingerprint density at radius 2 is 2.13 bits per heavy atom. The van der Waals surface area contributed by atoms with Crippen molar-refractivity contribution < 1.29 is 9.90 Å². The number of nitrogens with zero attached hydrogens (tertiary/aromatic N) is 4. The van der Waals surface area contributed by atoms with Gasteiger partial charge in [0.25, 0.3) is 12.0 Å². The van der Waals surface area contributed by atoms with Gasteiger partial charge in [0.05, 0.1) is 11.2 Å². The number of hydrogen-bond acceptors (Lipinski definition) is 7. The van der Waals surface area contributed by atoms with Crippen LogP contribution in [0, 0.1) is 5.92 Å². The number of likely N-dealkylation sites (tertiary alicyclic amines) is 1. The fourth-order valence-electron chi connectivity index (χ4n) is 4.76. The first-order chi connectivity index (χ1) is 15.0. The van der Waals surface area contributed by atoms with E-state index in [0.717, 1.165) is 37.4 Å². The Hall–Kier alpha value is -1.68. The van der Waals surface area contributed by atoms with Crippen molar-refractivity contribution in [1.29, 1.82) is 0 Å². The lowest BCUT2D eigenvalue weighted by molar-refractivity contribution is -0.122. The van der Waals surface area contributed by atoms with Crippen molar-refractivity contribution in [1.82, 2.24) is 19.4 Å². The Kier molecular flexibility index (Phi) is 9.13. The van der Waals surface area contributed by atoms with Crippen LogP contribution in [0.5, 0.6) is 0 Å². The summed E-state index contributed by atoms with van der Waals surface area (Å²) in [7, 11) is 2.06. The van der Waals surface area contributed by atoms with Crippen LogP contribution < -0.4 is 5.56 Å². The summed E-state index contributed by atoms with van der Waals surface area (Å²) in [4.78, 5) is 30.7. The lowest BCUT2D eigenvalue weighted by atomic mass is 9.83. The summed E-state index contributed by atoms with van der Waals surface area (Å²) in [6, 6.07) is 4.29. The molecule has 9 heteroatoms. The van der Waals surface area contributed by atoms with E-state index in [2.05, 4.69) is 50.2 Å². The molecule has 1 saturated heterocycles. The molecule has 0 radical (unpaired) electrons. The third kappa shape index (κ3) is 6.41. The summed E-state index contributed by atoms with van der Waals surface area (Å²) in [5.74, 6) is 2.36. The number of aromatic nitrogens is 2. The summed E-state index contributed by atoms with van der Waals surface area (Å²) in [5, 5.41) is 8.96. The van der Waals surface area contributed by atoms with Crippen molar-refractivity contribution in [2.45, 2.75) is 38.4 Å². The fraction of sp³-hybridized carbons (Fsp3) is 0.591. The Balaban J connectivity index is 0.000000858. The number of thioether (sulfide) groups is 1. The zero-order chi connectivity index (χ0) is 22.2. The van der Waals surface area contributed by atoms with Crippen LogP contribution >= 0.6 is 23.1 Å². The van der Waals surface area contributed by atoms with Crippen LogP contribution in [-0.2, 0) is 24.4 Å². The van der Waals surface area contributed by atoms with Gasteiger partial charge in [-0.15, -0.1) is 11.3 Å². The molecule has 4 rings (SSSR count). The van der Waals surface area contributed by atoms with E-state index in [1.807, 2.05) is 17.3 Å². The van der Waals surface area contributed by atoms with Gasteiger partial charge in [-0.2, -0.15) is 11.8 Å². The minimum absolute atomic E-state index is 0.216. The smallest absolute Gasteiger partial charge is 0.290 e. The van der Waals surface area contributed by atoms with Crippen molar-refractivity contribution in [2.24, 2.45) is 5.92 Å². The van der Waals surface area contributed by atoms with Gasteiger partial charge in [0, 0.05) is 55.3 Å². The third-order valence-corrected chi connectivity index (χ3v) is 7.27. The van der Waals surface area contributed by atoms with Crippen LogP contribution in [0.15, 0.2) is 27.8 Å². The molecule has 2 atom stereocenters. The first kappa shape index (κ1) is 24.0. The van der Waals surface area contributed by atoms with Crippen molar-refractivity contribution in [2.75, 3.05) is 38.7 Å². The van der Waals surface area contributed by atoms with Crippen molar-refractivity contribution >= 4 is 29.6 Å². The van der Waals surface area contributed by atoms with Crippen LogP contribution in [0.3, 0.4) is 0 Å². The number of hydrogen-bond donors (Lipinski definition) is 1. The molecule has 1 N–H and O–H groups in total. The molecule has 7 nitrogen and oxygen atoms in total. The first-order valence-electron chi connectivity index (χ1n) is 10.6. The van der Waals surface area contributed by atoms with Crippen molar-refractivity contribution in [3.05, 3.63) is 50.3 Å². The molecule has 170 valence electrons. The van der Waals surface area contributed by atoms with E-state index in [9.17, 15) is 4.79 Å². The Morgan fingerprint density at radius 3 is 2.84 bits per heavy atom. The van der Waals surface area contributed by atoms with Gasteiger partial charge in [-0.05, 0) is 50.4 Å². The minimum atomic E-state index is -0.250. The average Bonchev–Trinajstić information content (AvgIpc) is 3.24. The van der Waals surface area contributed by atoms with Crippen LogP contribution in [0.4, 0.5) is 0 Å². The van der Waals surface area contributed by atoms with E-state index in [-0.39, 0.29) is 12.0 Å². The van der Waals surface area contributed by atoms with Gasteiger partial charge in [0.1, 0.15) is 0 Å². The second-order valence-corrected chi connectivity index (χ2v) is 10.1. The summed E-state index contributed by atoms with van der Waals surface area (Å²) in [6.07, 6.45) is 4.68. The fourth-order valence-corrected chi connectivity index (χ4v) is 5.73. The summed E-state index contributed by atoms with van der Waals surface area (Å²) in [6.45, 7) is 5.52. The monoisotopic (exact) mass is 464 g/mol. The van der Waals surface area contributed by atoms with Crippen LogP contribution in [0.25, 0.3) is 0 Å². The van der Waals surface area contributed by atoms with Gasteiger partial charge in [0.15, 0.2) is 0 Å². The molecule has 2 aliphatic rings. The zero-order valence-corrected chi connectivity index (χ0v) is 19.9. The summed E-state index contributed by atoms with van der Waals surface area (Å²) >= 11 is 3.55. The lowest BCUT2D eigenvalue weighted by Crippen LogP contribution is -2.47. The maximum absolute atomic E-state index is 13.2. The molecule has 31 heavy (non-hydrogen) atoms. The van der Waals surface area contributed by atoms with Crippen molar-refractivity contribution in [3.63, 3.8) is 0 Å². The van der Waals surface area contributed by atoms with Gasteiger partial charge in [-0.3, -0.25) is 14.5 Å². The maximum Gasteiger partial charge on any atom is 0.290 e.